The molecule has 0 radical (unpaired) electrons. The van der Waals surface area contributed by atoms with Gasteiger partial charge in [0.25, 0.3) is 5.91 Å². The molecule has 3 amide bonds. The minimum atomic E-state index is -0.998. The van der Waals surface area contributed by atoms with Crippen molar-refractivity contribution in [1.29, 1.82) is 0 Å². The molecule has 1 spiro atoms. The van der Waals surface area contributed by atoms with Crippen LogP contribution in [0.15, 0.2) is 42.9 Å². The van der Waals surface area contributed by atoms with E-state index < -0.39 is 17.4 Å². The molecule has 1 aromatic carbocycles. The molecule has 9 heteroatoms. The van der Waals surface area contributed by atoms with Crippen LogP contribution in [0.1, 0.15) is 18.4 Å². The van der Waals surface area contributed by atoms with Gasteiger partial charge in [-0.15, -0.1) is 0 Å². The molecule has 1 N–H and O–H groups in total. The molecule has 0 bridgehead atoms. The van der Waals surface area contributed by atoms with Crippen molar-refractivity contribution in [2.45, 2.75) is 24.9 Å². The largest absolute Gasteiger partial charge is 0.395 e. The van der Waals surface area contributed by atoms with E-state index in [0.717, 1.165) is 16.7 Å². The van der Waals surface area contributed by atoms with Crippen molar-refractivity contribution in [3.63, 3.8) is 0 Å². The van der Waals surface area contributed by atoms with E-state index >= 15 is 0 Å². The zero-order chi connectivity index (χ0) is 20.4. The third-order valence-electron chi connectivity index (χ3n) is 5.67. The monoisotopic (exact) mass is 399 g/mol. The Bertz CT molecular complexity index is 902. The van der Waals surface area contributed by atoms with E-state index in [0.29, 0.717) is 32.5 Å². The molecule has 29 heavy (non-hydrogen) atoms. The molecule has 0 saturated carbocycles. The van der Waals surface area contributed by atoms with Gasteiger partial charge in [-0.1, -0.05) is 30.3 Å². The van der Waals surface area contributed by atoms with Crippen molar-refractivity contribution >= 4 is 17.8 Å². The van der Waals surface area contributed by atoms with E-state index in [9.17, 15) is 19.1 Å². The average molecular weight is 399 g/mol. The summed E-state index contributed by atoms with van der Waals surface area (Å²) in [6.45, 7) is 0.742. The van der Waals surface area contributed by atoms with Crippen LogP contribution in [0.25, 0.3) is 0 Å². The average Bonchev–Trinajstić information content (AvgIpc) is 2.92. The first-order valence-electron chi connectivity index (χ1n) is 9.55. The van der Waals surface area contributed by atoms with E-state index in [-0.39, 0.29) is 24.9 Å². The zero-order valence-corrected chi connectivity index (χ0v) is 15.9. The molecule has 152 valence electrons. The number of carbonyl (C=O) groups excluding carboxylic acids is 2. The van der Waals surface area contributed by atoms with Crippen LogP contribution in [0, 0.1) is 5.82 Å². The topological polar surface area (TPSA) is 89.9 Å². The SMILES string of the molecule is O=C1N(CCO)C(=O)C2(CCN(c3ncncc3F)CC2)N1Cc1ccccc1. The number of imide groups is 1. The molecule has 8 nitrogen and oxygen atoms in total. The summed E-state index contributed by atoms with van der Waals surface area (Å²) < 4.78 is 14.1. The lowest BCUT2D eigenvalue weighted by atomic mass is 9.85. The predicted octanol–water partition coefficient (Wildman–Crippen LogP) is 1.41. The van der Waals surface area contributed by atoms with Gasteiger partial charge < -0.3 is 14.9 Å². The highest BCUT2D eigenvalue weighted by atomic mass is 19.1. The summed E-state index contributed by atoms with van der Waals surface area (Å²) in [6, 6.07) is 9.09. The van der Waals surface area contributed by atoms with Crippen LogP contribution in [-0.4, -0.2) is 68.6 Å². The highest BCUT2D eigenvalue weighted by Crippen LogP contribution is 2.39. The molecule has 4 rings (SSSR count). The van der Waals surface area contributed by atoms with Gasteiger partial charge in [-0.2, -0.15) is 0 Å². The maximum absolute atomic E-state index is 14.1. The first-order chi connectivity index (χ1) is 14.1. The minimum absolute atomic E-state index is 0.0328. The second-order valence-electron chi connectivity index (χ2n) is 7.25. The Kier molecular flexibility index (Phi) is 5.14. The summed E-state index contributed by atoms with van der Waals surface area (Å²) >= 11 is 0. The fourth-order valence-corrected chi connectivity index (χ4v) is 4.18. The molecule has 0 unspecified atom stereocenters. The molecule has 3 heterocycles. The number of piperidine rings is 1. The number of aromatic nitrogens is 2. The highest BCUT2D eigenvalue weighted by Gasteiger charge is 2.57. The third kappa shape index (κ3) is 3.31. The van der Waals surface area contributed by atoms with E-state index in [2.05, 4.69) is 9.97 Å². The maximum Gasteiger partial charge on any atom is 0.328 e. The van der Waals surface area contributed by atoms with Crippen LogP contribution >= 0.6 is 0 Å². The Hall–Kier alpha value is -3.07. The molecular formula is C20H22FN5O3. The fourth-order valence-electron chi connectivity index (χ4n) is 4.18. The maximum atomic E-state index is 14.1. The van der Waals surface area contributed by atoms with Crippen molar-refractivity contribution < 1.29 is 19.1 Å². The molecule has 0 atom stereocenters. The number of rotatable bonds is 5. The van der Waals surface area contributed by atoms with Gasteiger partial charge in [0.1, 0.15) is 11.9 Å². The van der Waals surface area contributed by atoms with E-state index in [4.69, 9.17) is 0 Å². The molecule has 2 aliphatic rings. The van der Waals surface area contributed by atoms with Crippen molar-refractivity contribution in [2.24, 2.45) is 0 Å². The number of hydrogen-bond acceptors (Lipinski definition) is 6. The number of amides is 3. The van der Waals surface area contributed by atoms with Crippen LogP contribution in [0.4, 0.5) is 15.0 Å². The Labute approximate surface area is 167 Å². The number of aliphatic hydroxyl groups is 1. The van der Waals surface area contributed by atoms with Crippen molar-refractivity contribution in [3.05, 3.63) is 54.2 Å². The smallest absolute Gasteiger partial charge is 0.328 e. The van der Waals surface area contributed by atoms with E-state index in [1.165, 1.54) is 6.33 Å². The van der Waals surface area contributed by atoms with Gasteiger partial charge in [-0.25, -0.2) is 19.2 Å². The summed E-state index contributed by atoms with van der Waals surface area (Å²) in [5, 5.41) is 9.32. The molecule has 2 saturated heterocycles. The molecule has 2 fully saturated rings. The van der Waals surface area contributed by atoms with Gasteiger partial charge in [-0.3, -0.25) is 9.69 Å². The number of carbonyl (C=O) groups is 2. The van der Waals surface area contributed by atoms with Crippen molar-refractivity contribution in [2.75, 3.05) is 31.1 Å². The number of anilines is 1. The van der Waals surface area contributed by atoms with Crippen molar-refractivity contribution in [1.82, 2.24) is 19.8 Å². The number of hydrogen-bond donors (Lipinski definition) is 1. The van der Waals surface area contributed by atoms with Gasteiger partial charge in [-0.05, 0) is 18.4 Å². The predicted molar refractivity (Wildman–Crippen MR) is 102 cm³/mol. The highest BCUT2D eigenvalue weighted by molar-refractivity contribution is 6.07. The summed E-state index contributed by atoms with van der Waals surface area (Å²) in [4.78, 5) is 38.4. The number of benzene rings is 1. The Morgan fingerprint density at radius 3 is 2.52 bits per heavy atom. The number of halogens is 1. The standard InChI is InChI=1S/C20H22FN5O3/c21-16-12-22-14-23-17(16)24-8-6-20(7-9-24)18(28)25(10-11-27)19(29)26(20)13-15-4-2-1-3-5-15/h1-5,12,14,27H,6-11,13H2. The summed E-state index contributed by atoms with van der Waals surface area (Å²) in [7, 11) is 0. The Morgan fingerprint density at radius 2 is 1.86 bits per heavy atom. The first-order valence-corrected chi connectivity index (χ1v) is 9.55. The van der Waals surface area contributed by atoms with Crippen LogP contribution in [-0.2, 0) is 11.3 Å². The molecule has 0 aliphatic carbocycles. The summed E-state index contributed by atoms with van der Waals surface area (Å²) in [6.07, 6.45) is 3.12. The van der Waals surface area contributed by atoms with Gasteiger partial charge in [0, 0.05) is 19.6 Å². The number of urea groups is 1. The Balaban J connectivity index is 1.61. The first kappa shape index (κ1) is 19.3. The third-order valence-corrected chi connectivity index (χ3v) is 5.67. The number of nitrogens with zero attached hydrogens (tertiary/aromatic N) is 5. The molecule has 1 aromatic heterocycles. The summed E-state index contributed by atoms with van der Waals surface area (Å²) in [5.41, 5.74) is -0.0783. The fraction of sp³-hybridized carbons (Fsp3) is 0.400. The van der Waals surface area contributed by atoms with Crippen LogP contribution in [0.3, 0.4) is 0 Å². The summed E-state index contributed by atoms with van der Waals surface area (Å²) in [5.74, 6) is -0.607. The molecular weight excluding hydrogens is 377 g/mol. The lowest BCUT2D eigenvalue weighted by Crippen LogP contribution is -2.56. The van der Waals surface area contributed by atoms with Gasteiger partial charge in [0.15, 0.2) is 11.6 Å². The van der Waals surface area contributed by atoms with Gasteiger partial charge in [0.05, 0.1) is 19.3 Å². The Morgan fingerprint density at radius 1 is 1.14 bits per heavy atom. The zero-order valence-electron chi connectivity index (χ0n) is 15.9. The lowest BCUT2D eigenvalue weighted by molar-refractivity contribution is -0.134. The molecule has 2 aromatic rings. The van der Waals surface area contributed by atoms with E-state index in [1.807, 2.05) is 30.3 Å². The van der Waals surface area contributed by atoms with Crippen LogP contribution in [0.5, 0.6) is 0 Å². The van der Waals surface area contributed by atoms with Gasteiger partial charge in [0.2, 0.25) is 0 Å². The van der Waals surface area contributed by atoms with Crippen molar-refractivity contribution in [3.8, 4) is 0 Å². The minimum Gasteiger partial charge on any atom is -0.395 e. The number of aliphatic hydroxyl groups excluding tert-OH is 1. The normalized spacial score (nSPS) is 18.8. The second kappa shape index (κ2) is 7.75. The van der Waals surface area contributed by atoms with E-state index in [1.54, 1.807) is 9.80 Å². The second-order valence-corrected chi connectivity index (χ2v) is 7.25. The van der Waals surface area contributed by atoms with Gasteiger partial charge >= 0.3 is 6.03 Å². The lowest BCUT2D eigenvalue weighted by Gasteiger charge is -2.42. The number of β-amino-alcohol motifs (C(OH)–C–C–N with tert-alkyl or cyclic N) is 1. The molecule has 2 aliphatic heterocycles. The van der Waals surface area contributed by atoms with Crippen LogP contribution < -0.4 is 4.90 Å². The van der Waals surface area contributed by atoms with Crippen LogP contribution in [0.2, 0.25) is 0 Å². The quantitative estimate of drug-likeness (QED) is 0.765.